The zero-order chi connectivity index (χ0) is 13.4. The second-order valence-corrected chi connectivity index (χ2v) is 4.20. The maximum Gasteiger partial charge on any atom is 0.236 e. The molecule has 18 heavy (non-hydrogen) atoms. The molecule has 1 unspecified atom stereocenters. The Bertz CT molecular complexity index is 355. The van der Waals surface area contributed by atoms with Crippen LogP contribution in [-0.4, -0.2) is 55.8 Å². The largest absolute Gasteiger partial charge is 0.491 e. The molecular formula is C13H20N2O3. The number of likely N-dealkylation sites (N-methyl/N-ethyl adjacent to an activating group) is 1. The van der Waals surface area contributed by atoms with Gasteiger partial charge in [0, 0.05) is 20.6 Å². The first-order valence-electron chi connectivity index (χ1n) is 5.86. The zero-order valence-electron chi connectivity index (χ0n) is 10.8. The summed E-state index contributed by atoms with van der Waals surface area (Å²) < 4.78 is 5.39. The molecule has 0 saturated carbocycles. The Morgan fingerprint density at radius 1 is 1.39 bits per heavy atom. The predicted molar refractivity (Wildman–Crippen MR) is 69.5 cm³/mol. The van der Waals surface area contributed by atoms with Crippen LogP contribution in [0.5, 0.6) is 5.75 Å². The fraction of sp³-hybridized carbons (Fsp3) is 0.462. The van der Waals surface area contributed by atoms with Gasteiger partial charge in [-0.25, -0.2) is 0 Å². The molecule has 0 bridgehead atoms. The van der Waals surface area contributed by atoms with Crippen molar-refractivity contribution in [1.82, 2.24) is 10.2 Å². The van der Waals surface area contributed by atoms with Crippen LogP contribution in [0.4, 0.5) is 0 Å². The lowest BCUT2D eigenvalue weighted by Gasteiger charge is -2.14. The minimum absolute atomic E-state index is 0.0221. The molecule has 100 valence electrons. The van der Waals surface area contributed by atoms with Crippen LogP contribution in [0.2, 0.25) is 0 Å². The van der Waals surface area contributed by atoms with Gasteiger partial charge in [0.05, 0.1) is 6.54 Å². The number of aliphatic hydroxyl groups excluding tert-OH is 1. The van der Waals surface area contributed by atoms with E-state index in [0.29, 0.717) is 6.54 Å². The highest BCUT2D eigenvalue weighted by atomic mass is 16.5. The SMILES string of the molecule is CN(C)C(=O)CNCC(O)COc1ccccc1. The lowest BCUT2D eigenvalue weighted by molar-refractivity contribution is -0.127. The van der Waals surface area contributed by atoms with Crippen LogP contribution in [0.3, 0.4) is 0 Å². The van der Waals surface area contributed by atoms with Crippen LogP contribution in [0.15, 0.2) is 30.3 Å². The van der Waals surface area contributed by atoms with E-state index in [1.807, 2.05) is 30.3 Å². The number of nitrogens with one attached hydrogen (secondary N) is 1. The Labute approximate surface area is 107 Å². The first-order valence-corrected chi connectivity index (χ1v) is 5.86. The second kappa shape index (κ2) is 7.68. The monoisotopic (exact) mass is 252 g/mol. The summed E-state index contributed by atoms with van der Waals surface area (Å²) in [4.78, 5) is 12.8. The van der Waals surface area contributed by atoms with E-state index >= 15 is 0 Å². The van der Waals surface area contributed by atoms with Crippen LogP contribution in [-0.2, 0) is 4.79 Å². The quantitative estimate of drug-likeness (QED) is 0.723. The normalized spacial score (nSPS) is 11.9. The van der Waals surface area contributed by atoms with Gasteiger partial charge in [0.2, 0.25) is 5.91 Å². The number of aliphatic hydroxyl groups is 1. The van der Waals surface area contributed by atoms with Gasteiger partial charge < -0.3 is 20.1 Å². The fourth-order valence-corrected chi connectivity index (χ4v) is 1.27. The Morgan fingerprint density at radius 2 is 2.06 bits per heavy atom. The van der Waals surface area contributed by atoms with E-state index < -0.39 is 6.10 Å². The molecule has 0 aromatic heterocycles. The lowest BCUT2D eigenvalue weighted by atomic mass is 10.3. The average molecular weight is 252 g/mol. The third-order valence-electron chi connectivity index (χ3n) is 2.34. The van der Waals surface area contributed by atoms with Crippen LogP contribution < -0.4 is 10.1 Å². The molecule has 0 aliphatic rings. The van der Waals surface area contributed by atoms with Crippen molar-refractivity contribution >= 4 is 5.91 Å². The smallest absolute Gasteiger partial charge is 0.236 e. The predicted octanol–water partition coefficient (Wildman–Crippen LogP) is 0.104. The molecule has 1 aromatic carbocycles. The molecule has 1 aromatic rings. The topological polar surface area (TPSA) is 61.8 Å². The molecule has 0 radical (unpaired) electrons. The van der Waals surface area contributed by atoms with Crippen LogP contribution in [0.1, 0.15) is 0 Å². The molecule has 1 rings (SSSR count). The summed E-state index contributed by atoms with van der Waals surface area (Å²) in [5.41, 5.74) is 0. The summed E-state index contributed by atoms with van der Waals surface area (Å²) >= 11 is 0. The minimum Gasteiger partial charge on any atom is -0.491 e. The summed E-state index contributed by atoms with van der Waals surface area (Å²) in [5, 5.41) is 12.5. The molecule has 0 aliphatic heterocycles. The molecule has 1 atom stereocenters. The number of amides is 1. The zero-order valence-corrected chi connectivity index (χ0v) is 10.8. The van der Waals surface area contributed by atoms with E-state index in [4.69, 9.17) is 4.74 Å². The van der Waals surface area contributed by atoms with Gasteiger partial charge in [-0.1, -0.05) is 18.2 Å². The van der Waals surface area contributed by atoms with Gasteiger partial charge in [0.25, 0.3) is 0 Å². The molecule has 0 saturated heterocycles. The summed E-state index contributed by atoms with van der Waals surface area (Å²) in [6.07, 6.45) is -0.639. The highest BCUT2D eigenvalue weighted by molar-refractivity contribution is 5.77. The van der Waals surface area contributed by atoms with Gasteiger partial charge in [0.1, 0.15) is 18.5 Å². The third-order valence-corrected chi connectivity index (χ3v) is 2.34. The molecule has 5 nitrogen and oxygen atoms in total. The van der Waals surface area contributed by atoms with E-state index in [9.17, 15) is 9.90 Å². The Kier molecular flexibility index (Phi) is 6.18. The molecule has 0 heterocycles. The summed E-state index contributed by atoms with van der Waals surface area (Å²) in [6, 6.07) is 9.30. The number of benzene rings is 1. The number of carbonyl (C=O) groups excluding carboxylic acids is 1. The van der Waals surface area contributed by atoms with Crippen LogP contribution in [0, 0.1) is 0 Å². The van der Waals surface area contributed by atoms with Crippen LogP contribution >= 0.6 is 0 Å². The van der Waals surface area contributed by atoms with E-state index in [-0.39, 0.29) is 19.1 Å². The molecule has 0 fully saturated rings. The average Bonchev–Trinajstić information content (AvgIpc) is 2.37. The van der Waals surface area contributed by atoms with Gasteiger partial charge in [-0.3, -0.25) is 4.79 Å². The molecular weight excluding hydrogens is 232 g/mol. The van der Waals surface area contributed by atoms with Crippen molar-refractivity contribution in [3.63, 3.8) is 0 Å². The summed E-state index contributed by atoms with van der Waals surface area (Å²) in [7, 11) is 3.39. The summed E-state index contributed by atoms with van der Waals surface area (Å²) in [6.45, 7) is 0.745. The number of hydrogen-bond donors (Lipinski definition) is 2. The highest BCUT2D eigenvalue weighted by Crippen LogP contribution is 2.08. The Morgan fingerprint density at radius 3 is 2.67 bits per heavy atom. The minimum atomic E-state index is -0.639. The van der Waals surface area contributed by atoms with E-state index in [1.165, 1.54) is 4.90 Å². The fourth-order valence-electron chi connectivity index (χ4n) is 1.27. The number of carbonyl (C=O) groups is 1. The number of para-hydroxylation sites is 1. The van der Waals surface area contributed by atoms with Crippen molar-refractivity contribution in [3.8, 4) is 5.75 Å². The van der Waals surface area contributed by atoms with Gasteiger partial charge in [-0.05, 0) is 12.1 Å². The highest BCUT2D eigenvalue weighted by Gasteiger charge is 2.07. The van der Waals surface area contributed by atoms with Crippen LogP contribution in [0.25, 0.3) is 0 Å². The number of nitrogens with zero attached hydrogens (tertiary/aromatic N) is 1. The summed E-state index contributed by atoms with van der Waals surface area (Å²) in [5.74, 6) is 0.701. The van der Waals surface area contributed by atoms with Gasteiger partial charge >= 0.3 is 0 Å². The lowest BCUT2D eigenvalue weighted by Crippen LogP contribution is -2.38. The maximum atomic E-state index is 11.3. The number of hydrogen-bond acceptors (Lipinski definition) is 4. The van der Waals surface area contributed by atoms with Gasteiger partial charge in [-0.2, -0.15) is 0 Å². The Balaban J connectivity index is 2.14. The van der Waals surface area contributed by atoms with Gasteiger partial charge in [-0.15, -0.1) is 0 Å². The standard InChI is InChI=1S/C13H20N2O3/c1-15(2)13(17)9-14-8-11(16)10-18-12-6-4-3-5-7-12/h3-7,11,14,16H,8-10H2,1-2H3. The van der Waals surface area contributed by atoms with E-state index in [1.54, 1.807) is 14.1 Å². The second-order valence-electron chi connectivity index (χ2n) is 4.20. The van der Waals surface area contributed by atoms with Crippen molar-refractivity contribution in [2.45, 2.75) is 6.10 Å². The third kappa shape index (κ3) is 5.65. The molecule has 0 spiro atoms. The molecule has 1 amide bonds. The number of rotatable bonds is 7. The first-order chi connectivity index (χ1) is 8.59. The van der Waals surface area contributed by atoms with E-state index in [0.717, 1.165) is 5.75 Å². The van der Waals surface area contributed by atoms with Crippen molar-refractivity contribution < 1.29 is 14.6 Å². The Hall–Kier alpha value is -1.59. The van der Waals surface area contributed by atoms with Gasteiger partial charge in [0.15, 0.2) is 0 Å². The van der Waals surface area contributed by atoms with Crippen molar-refractivity contribution in [2.75, 3.05) is 33.8 Å². The maximum absolute atomic E-state index is 11.3. The van der Waals surface area contributed by atoms with Crippen molar-refractivity contribution in [3.05, 3.63) is 30.3 Å². The molecule has 0 aliphatic carbocycles. The molecule has 2 N–H and O–H groups in total. The van der Waals surface area contributed by atoms with Crippen molar-refractivity contribution in [1.29, 1.82) is 0 Å². The van der Waals surface area contributed by atoms with Crippen molar-refractivity contribution in [2.24, 2.45) is 0 Å². The number of ether oxygens (including phenoxy) is 1. The van der Waals surface area contributed by atoms with E-state index in [2.05, 4.69) is 5.32 Å². The first kappa shape index (κ1) is 14.5. The molecule has 5 heteroatoms.